The van der Waals surface area contributed by atoms with Gasteiger partial charge in [0.2, 0.25) is 0 Å². The molecule has 0 fully saturated rings. The lowest BCUT2D eigenvalue weighted by molar-refractivity contribution is -0.890. The van der Waals surface area contributed by atoms with Crippen molar-refractivity contribution in [2.75, 3.05) is 33.8 Å². The fourth-order valence-corrected chi connectivity index (χ4v) is 3.32. The zero-order valence-corrected chi connectivity index (χ0v) is 16.6. The topological polar surface area (TPSA) is 20.2 Å². The van der Waals surface area contributed by atoms with Crippen LogP contribution >= 0.6 is 0 Å². The van der Waals surface area contributed by atoms with Crippen LogP contribution in [-0.2, 0) is 0 Å². The van der Waals surface area contributed by atoms with Gasteiger partial charge in [-0.2, -0.15) is 0 Å². The van der Waals surface area contributed by atoms with Gasteiger partial charge in [-0.15, -0.1) is 0 Å². The Kier molecular flexibility index (Phi) is 16.7. The van der Waals surface area contributed by atoms with E-state index in [-0.39, 0.29) is 0 Å². The van der Waals surface area contributed by atoms with Crippen LogP contribution in [0.3, 0.4) is 0 Å². The molecular weight excluding hydrogens is 282 g/mol. The molecule has 0 saturated heterocycles. The number of rotatable bonds is 18. The highest BCUT2D eigenvalue weighted by molar-refractivity contribution is 4.48. The largest absolute Gasteiger partial charge is 0.396 e. The maximum Gasteiger partial charge on any atom is 0.0782 e. The molecule has 0 aromatic rings. The van der Waals surface area contributed by atoms with Crippen LogP contribution in [0.5, 0.6) is 0 Å². The molecule has 1 N–H and O–H groups in total. The molecule has 0 aliphatic heterocycles. The summed E-state index contributed by atoms with van der Waals surface area (Å²) in [5.41, 5.74) is 0. The minimum absolute atomic E-state index is 0.368. The van der Waals surface area contributed by atoms with Crippen LogP contribution in [0.15, 0.2) is 0 Å². The van der Waals surface area contributed by atoms with E-state index < -0.39 is 0 Å². The van der Waals surface area contributed by atoms with Crippen LogP contribution in [0.4, 0.5) is 0 Å². The van der Waals surface area contributed by atoms with Crippen molar-refractivity contribution < 1.29 is 9.59 Å². The average molecular weight is 329 g/mol. The number of unbranched alkanes of at least 4 members (excludes halogenated alkanes) is 13. The van der Waals surface area contributed by atoms with Gasteiger partial charge in [-0.25, -0.2) is 0 Å². The number of aliphatic hydroxyl groups is 1. The Bertz CT molecular complexity index is 228. The van der Waals surface area contributed by atoms with E-state index in [1.165, 1.54) is 107 Å². The third-order valence-corrected chi connectivity index (χ3v) is 5.04. The van der Waals surface area contributed by atoms with Gasteiger partial charge in [-0.3, -0.25) is 0 Å². The molecule has 0 spiro atoms. The first-order chi connectivity index (χ1) is 11.1. The first-order valence-corrected chi connectivity index (χ1v) is 10.6. The van der Waals surface area contributed by atoms with Crippen molar-refractivity contribution in [3.8, 4) is 0 Å². The van der Waals surface area contributed by atoms with E-state index in [0.29, 0.717) is 6.61 Å². The molecule has 0 bridgehead atoms. The second kappa shape index (κ2) is 16.8. The van der Waals surface area contributed by atoms with Gasteiger partial charge in [0.05, 0.1) is 27.2 Å². The smallest absolute Gasteiger partial charge is 0.0782 e. The standard InChI is InChI=1S/C21H46NO/c1-4-5-6-7-13-16-19-22(2,3)20-17-14-11-9-8-10-12-15-18-21-23/h23H,4-21H2,1-3H3/q+1. The van der Waals surface area contributed by atoms with Gasteiger partial charge >= 0.3 is 0 Å². The molecule has 0 aromatic heterocycles. The fourth-order valence-electron chi connectivity index (χ4n) is 3.32. The Morgan fingerprint density at radius 1 is 0.522 bits per heavy atom. The van der Waals surface area contributed by atoms with Crippen molar-refractivity contribution in [3.05, 3.63) is 0 Å². The minimum Gasteiger partial charge on any atom is -0.396 e. The summed E-state index contributed by atoms with van der Waals surface area (Å²) >= 11 is 0. The Hall–Kier alpha value is -0.0800. The Morgan fingerprint density at radius 2 is 0.870 bits per heavy atom. The van der Waals surface area contributed by atoms with Crippen molar-refractivity contribution in [2.45, 2.75) is 103 Å². The molecular formula is C21H46NO+. The molecule has 2 heteroatoms. The monoisotopic (exact) mass is 328 g/mol. The summed E-state index contributed by atoms with van der Waals surface area (Å²) in [5.74, 6) is 0. The molecule has 0 saturated carbocycles. The van der Waals surface area contributed by atoms with E-state index >= 15 is 0 Å². The lowest BCUT2D eigenvalue weighted by Crippen LogP contribution is -2.41. The normalized spacial score (nSPS) is 12.0. The highest BCUT2D eigenvalue weighted by Crippen LogP contribution is 2.12. The second-order valence-corrected chi connectivity index (χ2v) is 8.06. The number of aliphatic hydroxyl groups excluding tert-OH is 1. The lowest BCUT2D eigenvalue weighted by Gasteiger charge is -2.30. The van der Waals surface area contributed by atoms with Gasteiger partial charge in [0.15, 0.2) is 0 Å². The van der Waals surface area contributed by atoms with Crippen molar-refractivity contribution in [1.82, 2.24) is 0 Å². The molecule has 0 unspecified atom stereocenters. The van der Waals surface area contributed by atoms with Crippen LogP contribution in [-0.4, -0.2) is 43.4 Å². The van der Waals surface area contributed by atoms with Crippen LogP contribution in [0.1, 0.15) is 103 Å². The summed E-state index contributed by atoms with van der Waals surface area (Å²) in [7, 11) is 4.82. The predicted octanol–water partition coefficient (Wildman–Crippen LogP) is 5.93. The highest BCUT2D eigenvalue weighted by Gasteiger charge is 2.13. The molecule has 0 rings (SSSR count). The summed E-state index contributed by atoms with van der Waals surface area (Å²) in [6.45, 7) is 5.37. The number of hydrogen-bond donors (Lipinski definition) is 1. The molecule has 23 heavy (non-hydrogen) atoms. The highest BCUT2D eigenvalue weighted by atomic mass is 16.2. The van der Waals surface area contributed by atoms with E-state index in [9.17, 15) is 0 Å². The van der Waals surface area contributed by atoms with Gasteiger partial charge in [-0.05, 0) is 32.1 Å². The van der Waals surface area contributed by atoms with Gasteiger partial charge in [0.1, 0.15) is 0 Å². The summed E-state index contributed by atoms with van der Waals surface area (Å²) in [6.07, 6.45) is 20.4. The number of nitrogens with zero attached hydrogens (tertiary/aromatic N) is 1. The van der Waals surface area contributed by atoms with Crippen LogP contribution in [0.25, 0.3) is 0 Å². The summed E-state index contributed by atoms with van der Waals surface area (Å²) in [6, 6.07) is 0. The Balaban J connectivity index is 3.31. The summed E-state index contributed by atoms with van der Waals surface area (Å²) < 4.78 is 1.22. The summed E-state index contributed by atoms with van der Waals surface area (Å²) in [4.78, 5) is 0. The molecule has 0 heterocycles. The lowest BCUT2D eigenvalue weighted by atomic mass is 10.1. The van der Waals surface area contributed by atoms with Gasteiger partial charge < -0.3 is 9.59 Å². The molecule has 0 aliphatic rings. The Morgan fingerprint density at radius 3 is 1.26 bits per heavy atom. The van der Waals surface area contributed by atoms with Crippen LogP contribution in [0, 0.1) is 0 Å². The molecule has 0 atom stereocenters. The maximum absolute atomic E-state index is 8.73. The first-order valence-electron chi connectivity index (χ1n) is 10.6. The number of quaternary nitrogens is 1. The number of hydrogen-bond acceptors (Lipinski definition) is 1. The van der Waals surface area contributed by atoms with Crippen LogP contribution < -0.4 is 0 Å². The zero-order chi connectivity index (χ0) is 17.2. The van der Waals surface area contributed by atoms with E-state index in [0.717, 1.165) is 6.42 Å². The van der Waals surface area contributed by atoms with E-state index in [1.807, 2.05) is 0 Å². The third-order valence-electron chi connectivity index (χ3n) is 5.04. The SMILES string of the molecule is CCCCCCCC[N+](C)(C)CCCCCCCCCCCO. The third kappa shape index (κ3) is 18.1. The Labute approximate surface area is 147 Å². The van der Waals surface area contributed by atoms with Gasteiger partial charge in [0, 0.05) is 6.61 Å². The van der Waals surface area contributed by atoms with Gasteiger partial charge in [-0.1, -0.05) is 71.1 Å². The van der Waals surface area contributed by atoms with E-state index in [4.69, 9.17) is 5.11 Å². The fraction of sp³-hybridized carbons (Fsp3) is 1.00. The molecule has 2 nitrogen and oxygen atoms in total. The summed E-state index contributed by atoms with van der Waals surface area (Å²) in [5, 5.41) is 8.73. The molecule has 0 radical (unpaired) electrons. The molecule has 0 aromatic carbocycles. The van der Waals surface area contributed by atoms with Crippen LogP contribution in [0.2, 0.25) is 0 Å². The first kappa shape index (κ1) is 22.9. The second-order valence-electron chi connectivity index (χ2n) is 8.06. The zero-order valence-electron chi connectivity index (χ0n) is 16.6. The molecule has 140 valence electrons. The van der Waals surface area contributed by atoms with Crippen molar-refractivity contribution in [1.29, 1.82) is 0 Å². The van der Waals surface area contributed by atoms with Crippen molar-refractivity contribution >= 4 is 0 Å². The van der Waals surface area contributed by atoms with Crippen molar-refractivity contribution in [2.24, 2.45) is 0 Å². The minimum atomic E-state index is 0.368. The van der Waals surface area contributed by atoms with Crippen molar-refractivity contribution in [3.63, 3.8) is 0 Å². The van der Waals surface area contributed by atoms with Gasteiger partial charge in [0.25, 0.3) is 0 Å². The molecule has 0 amide bonds. The predicted molar refractivity (Wildman–Crippen MR) is 104 cm³/mol. The maximum atomic E-state index is 8.73. The average Bonchev–Trinajstić information content (AvgIpc) is 2.52. The van der Waals surface area contributed by atoms with E-state index in [1.54, 1.807) is 0 Å². The molecule has 0 aliphatic carbocycles. The van der Waals surface area contributed by atoms with E-state index in [2.05, 4.69) is 21.0 Å². The quantitative estimate of drug-likeness (QED) is 0.244.